The molecule has 1 aliphatic carbocycles. The predicted molar refractivity (Wildman–Crippen MR) is 67.2 cm³/mol. The average molecular weight is 244 g/mol. The van der Waals surface area contributed by atoms with Crippen molar-refractivity contribution >= 4 is 23.1 Å². The predicted octanol–water partition coefficient (Wildman–Crippen LogP) is 0.984. The summed E-state index contributed by atoms with van der Waals surface area (Å²) in [5, 5.41) is 2.89. The van der Waals surface area contributed by atoms with Crippen molar-refractivity contribution in [3.63, 3.8) is 0 Å². The van der Waals surface area contributed by atoms with Crippen LogP contribution >= 0.6 is 12.2 Å². The summed E-state index contributed by atoms with van der Waals surface area (Å²) in [5.41, 5.74) is 5.59. The number of nitrogens with two attached hydrogens (primary N) is 1. The third kappa shape index (κ3) is 4.90. The summed E-state index contributed by atoms with van der Waals surface area (Å²) in [6.07, 6.45) is 3.45. The lowest BCUT2D eigenvalue weighted by molar-refractivity contribution is -0.121. The number of rotatable bonds is 8. The third-order valence-electron chi connectivity index (χ3n) is 2.61. The van der Waals surface area contributed by atoms with Crippen molar-refractivity contribution in [3.8, 4) is 0 Å². The maximum absolute atomic E-state index is 11.6. The number of nitrogens with one attached hydrogen (secondary N) is 1. The molecular weight excluding hydrogens is 224 g/mol. The van der Waals surface area contributed by atoms with E-state index in [4.69, 9.17) is 22.7 Å². The van der Waals surface area contributed by atoms with Gasteiger partial charge in [-0.2, -0.15) is 0 Å². The van der Waals surface area contributed by atoms with Gasteiger partial charge in [-0.25, -0.2) is 0 Å². The Morgan fingerprint density at radius 1 is 1.62 bits per heavy atom. The van der Waals surface area contributed by atoms with Gasteiger partial charge >= 0.3 is 0 Å². The highest BCUT2D eigenvalue weighted by Crippen LogP contribution is 2.32. The van der Waals surface area contributed by atoms with Gasteiger partial charge in [-0.05, 0) is 32.1 Å². The molecule has 1 atom stereocenters. The molecular formula is C11H20N2O2S. The van der Waals surface area contributed by atoms with Crippen LogP contribution in [0.25, 0.3) is 0 Å². The molecule has 0 saturated heterocycles. The molecule has 4 nitrogen and oxygen atoms in total. The smallest absolute Gasteiger partial charge is 0.220 e. The summed E-state index contributed by atoms with van der Waals surface area (Å²) in [7, 11) is 0. The average Bonchev–Trinajstić information content (AvgIpc) is 3.04. The summed E-state index contributed by atoms with van der Waals surface area (Å²) in [6.45, 7) is 3.26. The Bertz CT molecular complexity index is 254. The minimum atomic E-state index is -0.102. The fourth-order valence-electron chi connectivity index (χ4n) is 1.58. The summed E-state index contributed by atoms with van der Waals surface area (Å²) in [5.74, 6) is 0.484. The van der Waals surface area contributed by atoms with Gasteiger partial charge in [0.05, 0.1) is 11.0 Å². The Balaban J connectivity index is 2.18. The van der Waals surface area contributed by atoms with Crippen LogP contribution in [0.3, 0.4) is 0 Å². The van der Waals surface area contributed by atoms with Crippen molar-refractivity contribution < 1.29 is 9.53 Å². The van der Waals surface area contributed by atoms with Crippen molar-refractivity contribution in [2.45, 2.75) is 38.6 Å². The van der Waals surface area contributed by atoms with E-state index in [1.165, 1.54) is 0 Å². The van der Waals surface area contributed by atoms with Gasteiger partial charge in [0.15, 0.2) is 0 Å². The third-order valence-corrected chi connectivity index (χ3v) is 2.87. The normalized spacial score (nSPS) is 16.8. The molecule has 0 heterocycles. The lowest BCUT2D eigenvalue weighted by atomic mass is 10.1. The number of carbonyl (C=O) groups is 1. The first-order chi connectivity index (χ1) is 7.65. The second kappa shape index (κ2) is 6.81. The van der Waals surface area contributed by atoms with Crippen LogP contribution in [0, 0.1) is 5.92 Å². The maximum Gasteiger partial charge on any atom is 0.220 e. The van der Waals surface area contributed by atoms with Crippen LogP contribution in [0.15, 0.2) is 0 Å². The zero-order valence-electron chi connectivity index (χ0n) is 9.70. The minimum absolute atomic E-state index is 0.0180. The van der Waals surface area contributed by atoms with E-state index in [2.05, 4.69) is 5.32 Å². The van der Waals surface area contributed by atoms with E-state index in [1.54, 1.807) is 0 Å². The first-order valence-electron chi connectivity index (χ1n) is 5.81. The summed E-state index contributed by atoms with van der Waals surface area (Å²) in [4.78, 5) is 12.0. The molecule has 0 aromatic heterocycles. The van der Waals surface area contributed by atoms with Gasteiger partial charge in [-0.15, -0.1) is 0 Å². The zero-order chi connectivity index (χ0) is 12.0. The van der Waals surface area contributed by atoms with Gasteiger partial charge in [-0.1, -0.05) is 12.2 Å². The second-order valence-corrected chi connectivity index (χ2v) is 4.56. The van der Waals surface area contributed by atoms with E-state index in [-0.39, 0.29) is 11.9 Å². The lowest BCUT2D eigenvalue weighted by Crippen LogP contribution is -2.45. The van der Waals surface area contributed by atoms with Crippen LogP contribution in [0.1, 0.15) is 32.6 Å². The van der Waals surface area contributed by atoms with Crippen molar-refractivity contribution in [1.82, 2.24) is 5.32 Å². The van der Waals surface area contributed by atoms with Gasteiger partial charge in [0, 0.05) is 19.6 Å². The van der Waals surface area contributed by atoms with E-state index in [0.29, 0.717) is 30.5 Å². The number of hydrogen-bond acceptors (Lipinski definition) is 3. The van der Waals surface area contributed by atoms with E-state index < -0.39 is 0 Å². The molecule has 3 N–H and O–H groups in total. The molecule has 0 aromatic carbocycles. The molecule has 1 rings (SSSR count). The van der Waals surface area contributed by atoms with Crippen LogP contribution in [0.4, 0.5) is 0 Å². The Morgan fingerprint density at radius 2 is 2.31 bits per heavy atom. The SMILES string of the molecule is CCOCCCC(=O)NC(C(N)=S)C1CC1. The van der Waals surface area contributed by atoms with Gasteiger partial charge in [-0.3, -0.25) is 4.79 Å². The highest BCUT2D eigenvalue weighted by molar-refractivity contribution is 7.80. The molecule has 0 bridgehead atoms. The van der Waals surface area contributed by atoms with E-state index in [9.17, 15) is 4.79 Å². The first kappa shape index (κ1) is 13.4. The summed E-state index contributed by atoms with van der Waals surface area (Å²) in [6, 6.07) is -0.102. The first-order valence-corrected chi connectivity index (χ1v) is 6.22. The molecule has 0 aromatic rings. The topological polar surface area (TPSA) is 64.3 Å². The lowest BCUT2D eigenvalue weighted by Gasteiger charge is -2.16. The van der Waals surface area contributed by atoms with Crippen molar-refractivity contribution in [3.05, 3.63) is 0 Å². The highest BCUT2D eigenvalue weighted by Gasteiger charge is 2.33. The van der Waals surface area contributed by atoms with Crippen molar-refractivity contribution in [2.24, 2.45) is 11.7 Å². The van der Waals surface area contributed by atoms with Gasteiger partial charge in [0.2, 0.25) is 5.91 Å². The van der Waals surface area contributed by atoms with Crippen molar-refractivity contribution in [1.29, 1.82) is 0 Å². The molecule has 0 radical (unpaired) electrons. The fraction of sp³-hybridized carbons (Fsp3) is 0.818. The molecule has 1 saturated carbocycles. The Kier molecular flexibility index (Phi) is 5.69. The van der Waals surface area contributed by atoms with Crippen LogP contribution < -0.4 is 11.1 Å². The largest absolute Gasteiger partial charge is 0.392 e. The van der Waals surface area contributed by atoms with E-state index in [0.717, 1.165) is 19.3 Å². The van der Waals surface area contributed by atoms with Crippen LogP contribution in [0.5, 0.6) is 0 Å². The molecule has 0 spiro atoms. The number of amides is 1. The summed E-state index contributed by atoms with van der Waals surface area (Å²) >= 11 is 4.94. The van der Waals surface area contributed by atoms with Crippen LogP contribution in [-0.2, 0) is 9.53 Å². The summed E-state index contributed by atoms with van der Waals surface area (Å²) < 4.78 is 5.17. The molecule has 92 valence electrons. The second-order valence-electron chi connectivity index (χ2n) is 4.09. The van der Waals surface area contributed by atoms with Crippen molar-refractivity contribution in [2.75, 3.05) is 13.2 Å². The fourth-order valence-corrected chi connectivity index (χ4v) is 1.83. The number of thiocarbonyl (C=S) groups is 1. The standard InChI is InChI=1S/C11H20N2O2S/c1-2-15-7-3-4-9(14)13-10(11(12)16)8-5-6-8/h8,10H,2-7H2,1H3,(H2,12,16)(H,13,14). The minimum Gasteiger partial charge on any atom is -0.392 e. The Hall–Kier alpha value is -0.680. The van der Waals surface area contributed by atoms with E-state index in [1.807, 2.05) is 6.92 Å². The van der Waals surface area contributed by atoms with Gasteiger partial charge in [0.1, 0.15) is 0 Å². The molecule has 16 heavy (non-hydrogen) atoms. The molecule has 5 heteroatoms. The van der Waals surface area contributed by atoms with Gasteiger partial charge in [0.25, 0.3) is 0 Å². The molecule has 0 aliphatic heterocycles. The quantitative estimate of drug-likeness (QED) is 0.493. The number of ether oxygens (including phenoxy) is 1. The van der Waals surface area contributed by atoms with Crippen LogP contribution in [0.2, 0.25) is 0 Å². The highest BCUT2D eigenvalue weighted by atomic mass is 32.1. The number of carbonyl (C=O) groups excluding carboxylic acids is 1. The van der Waals surface area contributed by atoms with Crippen LogP contribution in [-0.4, -0.2) is 30.2 Å². The zero-order valence-corrected chi connectivity index (χ0v) is 10.5. The number of hydrogen-bond donors (Lipinski definition) is 2. The Morgan fingerprint density at radius 3 is 2.81 bits per heavy atom. The molecule has 1 amide bonds. The van der Waals surface area contributed by atoms with E-state index >= 15 is 0 Å². The molecule has 1 unspecified atom stereocenters. The Labute approximate surface area is 102 Å². The molecule has 1 aliphatic rings. The monoisotopic (exact) mass is 244 g/mol. The molecule has 1 fully saturated rings. The van der Waals surface area contributed by atoms with Gasteiger partial charge < -0.3 is 15.8 Å². The maximum atomic E-state index is 11.6.